The Labute approximate surface area is 127 Å². The predicted molar refractivity (Wildman–Crippen MR) is 79.4 cm³/mol. The number of ether oxygens (including phenoxy) is 2. The van der Waals surface area contributed by atoms with Gasteiger partial charge in [-0.05, 0) is 17.7 Å². The van der Waals surface area contributed by atoms with Crippen LogP contribution in [0.4, 0.5) is 0 Å². The molecular formula is C17H16O5. The molecule has 1 unspecified atom stereocenters. The highest BCUT2D eigenvalue weighted by Gasteiger charge is 2.27. The molecule has 0 aliphatic carbocycles. The second kappa shape index (κ2) is 6.07. The Morgan fingerprint density at radius 1 is 1.27 bits per heavy atom. The van der Waals surface area contributed by atoms with Crippen molar-refractivity contribution in [2.45, 2.75) is 19.1 Å². The molecule has 0 saturated carbocycles. The van der Waals surface area contributed by atoms with Crippen LogP contribution in [0.25, 0.3) is 0 Å². The molecule has 0 fully saturated rings. The van der Waals surface area contributed by atoms with Crippen molar-refractivity contribution in [3.05, 3.63) is 59.2 Å². The van der Waals surface area contributed by atoms with Crippen molar-refractivity contribution in [3.63, 3.8) is 0 Å². The zero-order chi connectivity index (χ0) is 15.5. The molecule has 1 heterocycles. The Morgan fingerprint density at radius 2 is 2.05 bits per heavy atom. The Balaban J connectivity index is 1.88. The summed E-state index contributed by atoms with van der Waals surface area (Å²) in [6.07, 6.45) is 0.161. The Morgan fingerprint density at radius 3 is 2.73 bits per heavy atom. The molecule has 22 heavy (non-hydrogen) atoms. The van der Waals surface area contributed by atoms with Gasteiger partial charge in [-0.3, -0.25) is 0 Å². The maximum Gasteiger partial charge on any atom is 0.335 e. The summed E-state index contributed by atoms with van der Waals surface area (Å²) in [6.45, 7) is 0.232. The molecule has 5 heteroatoms. The highest BCUT2D eigenvalue weighted by atomic mass is 16.5. The molecule has 0 saturated heterocycles. The van der Waals surface area contributed by atoms with Crippen LogP contribution in [-0.2, 0) is 13.0 Å². The fraction of sp³-hybridized carbons (Fsp3) is 0.235. The molecule has 1 aliphatic rings. The zero-order valence-electron chi connectivity index (χ0n) is 11.9. The first-order valence-corrected chi connectivity index (χ1v) is 7.02. The van der Waals surface area contributed by atoms with Gasteiger partial charge in [0, 0.05) is 12.0 Å². The predicted octanol–water partition coefficient (Wildman–Crippen LogP) is 2.26. The Bertz CT molecular complexity index is 681. The number of benzene rings is 2. The van der Waals surface area contributed by atoms with E-state index in [1.165, 1.54) is 12.1 Å². The second-order valence-electron chi connectivity index (χ2n) is 5.16. The van der Waals surface area contributed by atoms with Crippen molar-refractivity contribution in [2.24, 2.45) is 0 Å². The highest BCUT2D eigenvalue weighted by molar-refractivity contribution is 5.89. The first-order chi connectivity index (χ1) is 10.7. The van der Waals surface area contributed by atoms with Crippen LogP contribution in [0.3, 0.4) is 0 Å². The van der Waals surface area contributed by atoms with Gasteiger partial charge in [-0.15, -0.1) is 0 Å². The largest absolute Gasteiger partial charge is 0.488 e. The van der Waals surface area contributed by atoms with Crippen molar-refractivity contribution in [1.82, 2.24) is 0 Å². The highest BCUT2D eigenvalue weighted by Crippen LogP contribution is 2.37. The van der Waals surface area contributed by atoms with Crippen molar-refractivity contribution in [3.8, 4) is 11.5 Å². The summed E-state index contributed by atoms with van der Waals surface area (Å²) in [5.41, 5.74) is 1.91. The number of rotatable bonds is 5. The number of carboxylic acid groups (broad SMARTS) is 1. The van der Waals surface area contributed by atoms with Crippen LogP contribution in [0.1, 0.15) is 21.5 Å². The number of hydrogen-bond acceptors (Lipinski definition) is 4. The average molecular weight is 300 g/mol. The summed E-state index contributed by atoms with van der Waals surface area (Å²) in [5, 5.41) is 18.4. The summed E-state index contributed by atoms with van der Waals surface area (Å²) >= 11 is 0. The van der Waals surface area contributed by atoms with E-state index in [2.05, 4.69) is 0 Å². The van der Waals surface area contributed by atoms with Gasteiger partial charge in [0.25, 0.3) is 0 Å². The van der Waals surface area contributed by atoms with Gasteiger partial charge in [0.2, 0.25) is 0 Å². The molecule has 1 atom stereocenters. The summed E-state index contributed by atoms with van der Waals surface area (Å²) in [7, 11) is 0. The van der Waals surface area contributed by atoms with Gasteiger partial charge in [0.15, 0.2) is 0 Å². The lowest BCUT2D eigenvalue weighted by molar-refractivity contribution is 0.0695. The van der Waals surface area contributed by atoms with Crippen molar-refractivity contribution < 1.29 is 24.5 Å². The molecule has 5 nitrogen and oxygen atoms in total. The minimum atomic E-state index is -1.04. The molecule has 2 aromatic carbocycles. The first kappa shape index (κ1) is 14.4. The van der Waals surface area contributed by atoms with E-state index in [0.717, 1.165) is 11.1 Å². The third-order valence-electron chi connectivity index (χ3n) is 3.58. The molecule has 0 amide bonds. The maximum atomic E-state index is 11.2. The van der Waals surface area contributed by atoms with E-state index in [0.29, 0.717) is 24.5 Å². The van der Waals surface area contributed by atoms with Crippen LogP contribution in [0.5, 0.6) is 11.5 Å². The van der Waals surface area contributed by atoms with Gasteiger partial charge < -0.3 is 19.7 Å². The molecule has 114 valence electrons. The topological polar surface area (TPSA) is 76.0 Å². The normalized spacial score (nSPS) is 16.0. The van der Waals surface area contributed by atoms with E-state index in [4.69, 9.17) is 9.47 Å². The van der Waals surface area contributed by atoms with E-state index in [-0.39, 0.29) is 18.3 Å². The zero-order valence-corrected chi connectivity index (χ0v) is 11.9. The van der Waals surface area contributed by atoms with Gasteiger partial charge in [-0.2, -0.15) is 0 Å². The van der Waals surface area contributed by atoms with Crippen LogP contribution >= 0.6 is 0 Å². The van der Waals surface area contributed by atoms with Gasteiger partial charge >= 0.3 is 5.97 Å². The van der Waals surface area contributed by atoms with E-state index in [1.807, 2.05) is 30.3 Å². The van der Waals surface area contributed by atoms with Crippen molar-refractivity contribution in [2.75, 3.05) is 6.61 Å². The van der Waals surface area contributed by atoms with Crippen molar-refractivity contribution >= 4 is 5.97 Å². The Hall–Kier alpha value is -2.53. The summed E-state index contributed by atoms with van der Waals surface area (Å²) in [6, 6.07) is 12.6. The fourth-order valence-electron chi connectivity index (χ4n) is 2.46. The summed E-state index contributed by atoms with van der Waals surface area (Å²) in [5.74, 6) is -0.0693. The van der Waals surface area contributed by atoms with E-state index in [1.54, 1.807) is 0 Å². The van der Waals surface area contributed by atoms with Crippen molar-refractivity contribution in [1.29, 1.82) is 0 Å². The van der Waals surface area contributed by atoms with Gasteiger partial charge in [-0.1, -0.05) is 30.3 Å². The van der Waals surface area contributed by atoms with Crippen LogP contribution in [0.15, 0.2) is 42.5 Å². The number of aliphatic hydroxyl groups is 1. The minimum absolute atomic E-state index is 0.111. The molecule has 0 spiro atoms. The monoisotopic (exact) mass is 300 g/mol. The fourth-order valence-corrected chi connectivity index (χ4v) is 2.46. The molecule has 2 N–H and O–H groups in total. The third kappa shape index (κ3) is 2.89. The van der Waals surface area contributed by atoms with Crippen LogP contribution in [0.2, 0.25) is 0 Å². The molecule has 3 rings (SSSR count). The molecule has 2 aromatic rings. The van der Waals surface area contributed by atoms with E-state index < -0.39 is 5.97 Å². The van der Waals surface area contributed by atoms with Crippen LogP contribution < -0.4 is 9.47 Å². The molecular weight excluding hydrogens is 284 g/mol. The average Bonchev–Trinajstić information content (AvgIpc) is 2.96. The van der Waals surface area contributed by atoms with E-state index in [9.17, 15) is 15.0 Å². The first-order valence-electron chi connectivity index (χ1n) is 7.02. The van der Waals surface area contributed by atoms with E-state index >= 15 is 0 Å². The molecule has 0 radical (unpaired) electrons. The number of carboxylic acids is 1. The lowest BCUT2D eigenvalue weighted by Crippen LogP contribution is -2.17. The standard InChI is InChI=1S/C17H16O5/c18-9-13-8-14-15(21-10-11-4-2-1-3-5-11)6-12(17(19)20)7-16(14)22-13/h1-7,13,18H,8-10H2,(H,19,20). The lowest BCUT2D eigenvalue weighted by atomic mass is 10.1. The van der Waals surface area contributed by atoms with Gasteiger partial charge in [0.05, 0.1) is 12.2 Å². The lowest BCUT2D eigenvalue weighted by Gasteiger charge is -2.11. The molecule has 0 bridgehead atoms. The smallest absolute Gasteiger partial charge is 0.335 e. The number of carbonyl (C=O) groups is 1. The number of fused-ring (bicyclic) bond motifs is 1. The number of aromatic carboxylic acids is 1. The molecule has 1 aliphatic heterocycles. The van der Waals surface area contributed by atoms with Crippen LogP contribution in [-0.4, -0.2) is 28.9 Å². The summed E-state index contributed by atoms with van der Waals surface area (Å²) in [4.78, 5) is 11.2. The van der Waals surface area contributed by atoms with Gasteiger partial charge in [0.1, 0.15) is 24.2 Å². The summed E-state index contributed by atoms with van der Waals surface area (Å²) < 4.78 is 11.3. The van der Waals surface area contributed by atoms with Crippen LogP contribution in [0, 0.1) is 0 Å². The maximum absolute atomic E-state index is 11.2. The van der Waals surface area contributed by atoms with Gasteiger partial charge in [-0.25, -0.2) is 4.79 Å². The third-order valence-corrected chi connectivity index (χ3v) is 3.58. The minimum Gasteiger partial charge on any atom is -0.488 e. The Kier molecular flexibility index (Phi) is 3.98. The quantitative estimate of drug-likeness (QED) is 0.886. The molecule has 0 aromatic heterocycles. The number of hydrogen-bond donors (Lipinski definition) is 2. The second-order valence-corrected chi connectivity index (χ2v) is 5.16. The SMILES string of the molecule is O=C(O)c1cc(OCc2ccccc2)c2c(c1)OC(CO)C2. The number of aliphatic hydroxyl groups excluding tert-OH is 1.